The van der Waals surface area contributed by atoms with Gasteiger partial charge in [0.05, 0.1) is 21.7 Å². The Bertz CT molecular complexity index is 1030. The molecule has 27 heavy (non-hydrogen) atoms. The Hall–Kier alpha value is -3.16. The molecule has 1 aromatic heterocycles. The minimum atomic E-state index is -0.491. The molecule has 0 spiro atoms. The molecule has 0 atom stereocenters. The van der Waals surface area contributed by atoms with E-state index < -0.39 is 10.8 Å². The van der Waals surface area contributed by atoms with Gasteiger partial charge in [0, 0.05) is 22.7 Å². The molecule has 9 heteroatoms. The van der Waals surface area contributed by atoms with Gasteiger partial charge in [-0.15, -0.1) is 0 Å². The Morgan fingerprint density at radius 2 is 1.85 bits per heavy atom. The third kappa shape index (κ3) is 4.52. The van der Waals surface area contributed by atoms with Crippen molar-refractivity contribution in [3.63, 3.8) is 0 Å². The van der Waals surface area contributed by atoms with E-state index in [0.29, 0.717) is 22.1 Å². The Labute approximate surface area is 163 Å². The van der Waals surface area contributed by atoms with Crippen LogP contribution < -0.4 is 5.43 Å². The summed E-state index contributed by atoms with van der Waals surface area (Å²) in [6.07, 6.45) is 1.33. The number of halogens is 2. The Morgan fingerprint density at radius 1 is 1.11 bits per heavy atom. The second-order valence-corrected chi connectivity index (χ2v) is 6.17. The second-order valence-electron chi connectivity index (χ2n) is 5.33. The van der Waals surface area contributed by atoms with Crippen LogP contribution in [0.15, 0.2) is 64.1 Å². The van der Waals surface area contributed by atoms with Gasteiger partial charge in [-0.05, 0) is 42.5 Å². The topological polar surface area (TPSA) is 97.7 Å². The smallest absolute Gasteiger partial charge is 0.272 e. The number of rotatable bonds is 5. The minimum absolute atomic E-state index is 0.00401. The molecule has 0 saturated heterocycles. The number of hydrazone groups is 1. The number of nitrogens with one attached hydrogen (secondary N) is 1. The number of carbonyl (C=O) groups excluding carboxylic acids is 1. The van der Waals surface area contributed by atoms with Gasteiger partial charge in [0.2, 0.25) is 0 Å². The summed E-state index contributed by atoms with van der Waals surface area (Å²) in [7, 11) is 0. The first-order valence-corrected chi connectivity index (χ1v) is 8.33. The van der Waals surface area contributed by atoms with Crippen LogP contribution in [-0.4, -0.2) is 17.0 Å². The molecule has 0 aliphatic carbocycles. The normalized spacial score (nSPS) is 10.9. The number of carbonyl (C=O) groups is 1. The summed E-state index contributed by atoms with van der Waals surface area (Å²) in [6, 6.07) is 13.8. The van der Waals surface area contributed by atoms with Crippen LogP contribution in [0.4, 0.5) is 5.69 Å². The number of furan rings is 1. The summed E-state index contributed by atoms with van der Waals surface area (Å²) < 4.78 is 5.58. The summed E-state index contributed by atoms with van der Waals surface area (Å²) in [5.74, 6) is 0.416. The quantitative estimate of drug-likeness (QED) is 0.371. The van der Waals surface area contributed by atoms with Crippen LogP contribution in [0, 0.1) is 10.1 Å². The highest BCUT2D eigenvalue weighted by atomic mass is 35.5. The zero-order valence-corrected chi connectivity index (χ0v) is 15.1. The SMILES string of the molecule is O=C(NN=Cc1ccc(-c2ccc([N+](=O)[O-])cc2)o1)c1ccc(Cl)cc1Cl. The van der Waals surface area contributed by atoms with Gasteiger partial charge in [0.15, 0.2) is 0 Å². The standard InChI is InChI=1S/C18H11Cl2N3O4/c19-12-3-7-15(16(20)9-12)18(24)22-21-10-14-6-8-17(27-14)11-1-4-13(5-2-11)23(25)26/h1-10H,(H,22,24). The maximum atomic E-state index is 12.0. The first kappa shape index (κ1) is 18.6. The Balaban J connectivity index is 1.66. The largest absolute Gasteiger partial charge is 0.455 e. The van der Waals surface area contributed by atoms with Gasteiger partial charge in [0.1, 0.15) is 11.5 Å². The van der Waals surface area contributed by atoms with Crippen molar-refractivity contribution in [1.29, 1.82) is 0 Å². The predicted octanol–water partition coefficient (Wildman–Crippen LogP) is 4.93. The molecule has 7 nitrogen and oxygen atoms in total. The highest BCUT2D eigenvalue weighted by Gasteiger charge is 2.10. The molecule has 1 N–H and O–H groups in total. The molecule has 3 aromatic rings. The molecule has 2 aromatic carbocycles. The van der Waals surface area contributed by atoms with Crippen LogP contribution in [-0.2, 0) is 0 Å². The summed E-state index contributed by atoms with van der Waals surface area (Å²) >= 11 is 11.8. The van der Waals surface area contributed by atoms with Gasteiger partial charge in [0.25, 0.3) is 11.6 Å². The van der Waals surface area contributed by atoms with Crippen molar-refractivity contribution in [3.8, 4) is 11.3 Å². The highest BCUT2D eigenvalue weighted by molar-refractivity contribution is 6.36. The fourth-order valence-corrected chi connectivity index (χ4v) is 2.71. The van der Waals surface area contributed by atoms with E-state index in [9.17, 15) is 14.9 Å². The number of nitrogens with zero attached hydrogens (tertiary/aromatic N) is 2. The lowest BCUT2D eigenvalue weighted by molar-refractivity contribution is -0.384. The Kier molecular flexibility index (Phi) is 5.54. The second kappa shape index (κ2) is 8.03. The van der Waals surface area contributed by atoms with E-state index in [2.05, 4.69) is 10.5 Å². The fraction of sp³-hybridized carbons (Fsp3) is 0. The van der Waals surface area contributed by atoms with Crippen molar-refractivity contribution in [2.45, 2.75) is 0 Å². The van der Waals surface area contributed by atoms with Crippen LogP contribution in [0.1, 0.15) is 16.1 Å². The summed E-state index contributed by atoms with van der Waals surface area (Å²) in [4.78, 5) is 22.3. The number of nitro groups is 1. The van der Waals surface area contributed by atoms with Gasteiger partial charge in [-0.25, -0.2) is 5.43 Å². The molecule has 136 valence electrons. The molecule has 0 saturated carbocycles. The van der Waals surface area contributed by atoms with Crippen LogP contribution >= 0.6 is 23.2 Å². The number of hydrogen-bond acceptors (Lipinski definition) is 5. The van der Waals surface area contributed by atoms with E-state index in [1.807, 2.05) is 0 Å². The number of hydrogen-bond donors (Lipinski definition) is 1. The predicted molar refractivity (Wildman–Crippen MR) is 102 cm³/mol. The van der Waals surface area contributed by atoms with E-state index >= 15 is 0 Å². The summed E-state index contributed by atoms with van der Waals surface area (Å²) in [5, 5.41) is 15.1. The summed E-state index contributed by atoms with van der Waals surface area (Å²) in [6.45, 7) is 0. The van der Waals surface area contributed by atoms with Crippen molar-refractivity contribution in [3.05, 3.63) is 86.1 Å². The lowest BCUT2D eigenvalue weighted by atomic mass is 10.1. The third-order valence-corrected chi connectivity index (χ3v) is 4.07. The van der Waals surface area contributed by atoms with Gasteiger partial charge in [-0.2, -0.15) is 5.10 Å². The molecule has 3 rings (SSSR count). The first-order valence-electron chi connectivity index (χ1n) is 7.57. The van der Waals surface area contributed by atoms with E-state index in [1.54, 1.807) is 30.3 Å². The van der Waals surface area contributed by atoms with E-state index in [0.717, 1.165) is 0 Å². The zero-order chi connectivity index (χ0) is 19.4. The van der Waals surface area contributed by atoms with Crippen LogP contribution in [0.3, 0.4) is 0 Å². The van der Waals surface area contributed by atoms with Crippen molar-refractivity contribution in [2.24, 2.45) is 5.10 Å². The minimum Gasteiger partial charge on any atom is -0.455 e. The van der Waals surface area contributed by atoms with Crippen LogP contribution in [0.5, 0.6) is 0 Å². The van der Waals surface area contributed by atoms with E-state index in [1.165, 1.54) is 30.5 Å². The Morgan fingerprint density at radius 3 is 2.52 bits per heavy atom. The van der Waals surface area contributed by atoms with Crippen LogP contribution in [0.2, 0.25) is 10.0 Å². The monoisotopic (exact) mass is 403 g/mol. The molecule has 1 amide bonds. The fourth-order valence-electron chi connectivity index (χ4n) is 2.21. The average molecular weight is 404 g/mol. The molecule has 0 bridgehead atoms. The molecule has 1 heterocycles. The lowest BCUT2D eigenvalue weighted by Crippen LogP contribution is -2.17. The summed E-state index contributed by atoms with van der Waals surface area (Å²) in [5.41, 5.74) is 3.26. The van der Waals surface area contributed by atoms with Gasteiger partial charge in [-0.3, -0.25) is 14.9 Å². The average Bonchev–Trinajstić information content (AvgIpc) is 3.10. The van der Waals surface area contributed by atoms with Crippen molar-refractivity contribution < 1.29 is 14.1 Å². The lowest BCUT2D eigenvalue weighted by Gasteiger charge is -2.02. The van der Waals surface area contributed by atoms with E-state index in [-0.39, 0.29) is 16.3 Å². The van der Waals surface area contributed by atoms with E-state index in [4.69, 9.17) is 27.6 Å². The highest BCUT2D eigenvalue weighted by Crippen LogP contribution is 2.24. The van der Waals surface area contributed by atoms with Gasteiger partial charge in [-0.1, -0.05) is 23.2 Å². The number of amides is 1. The molecule has 0 aliphatic heterocycles. The maximum Gasteiger partial charge on any atom is 0.272 e. The molecular formula is C18H11Cl2N3O4. The first-order chi connectivity index (χ1) is 12.9. The maximum absolute atomic E-state index is 12.0. The molecular weight excluding hydrogens is 393 g/mol. The van der Waals surface area contributed by atoms with Crippen molar-refractivity contribution in [1.82, 2.24) is 5.43 Å². The molecule has 0 unspecified atom stereocenters. The van der Waals surface area contributed by atoms with Gasteiger partial charge >= 0.3 is 0 Å². The number of nitro benzene ring substituents is 1. The molecule has 0 radical (unpaired) electrons. The third-order valence-electron chi connectivity index (χ3n) is 3.52. The van der Waals surface area contributed by atoms with Crippen molar-refractivity contribution in [2.75, 3.05) is 0 Å². The number of non-ortho nitro benzene ring substituents is 1. The van der Waals surface area contributed by atoms with Gasteiger partial charge < -0.3 is 4.42 Å². The number of benzene rings is 2. The molecule has 0 aliphatic rings. The zero-order valence-electron chi connectivity index (χ0n) is 13.6. The van der Waals surface area contributed by atoms with Crippen LogP contribution in [0.25, 0.3) is 11.3 Å². The molecule has 0 fully saturated rings. The van der Waals surface area contributed by atoms with Crippen molar-refractivity contribution >= 4 is 41.0 Å².